The van der Waals surface area contributed by atoms with E-state index in [1.165, 1.54) is 6.42 Å². The minimum atomic E-state index is -0.0203. The predicted octanol–water partition coefficient (Wildman–Crippen LogP) is 2.63. The number of carbonyl (C=O) groups excluding carboxylic acids is 1. The molecular formula is C20H23N5O. The summed E-state index contributed by atoms with van der Waals surface area (Å²) in [6.07, 6.45) is 5.89. The maximum Gasteiger partial charge on any atom is 0.251 e. The highest BCUT2D eigenvalue weighted by molar-refractivity contribution is 5.94. The minimum Gasteiger partial charge on any atom is -0.350 e. The van der Waals surface area contributed by atoms with Crippen molar-refractivity contribution >= 4 is 17.1 Å². The second-order valence-electron chi connectivity index (χ2n) is 6.64. The zero-order chi connectivity index (χ0) is 17.9. The zero-order valence-corrected chi connectivity index (χ0v) is 14.9. The van der Waals surface area contributed by atoms with Gasteiger partial charge in [0.1, 0.15) is 11.8 Å². The van der Waals surface area contributed by atoms with Crippen molar-refractivity contribution in [2.45, 2.75) is 25.8 Å². The van der Waals surface area contributed by atoms with Gasteiger partial charge in [0.2, 0.25) is 0 Å². The number of amides is 1. The number of rotatable bonds is 5. The van der Waals surface area contributed by atoms with E-state index in [9.17, 15) is 4.79 Å². The fourth-order valence-electron chi connectivity index (χ4n) is 3.67. The van der Waals surface area contributed by atoms with Gasteiger partial charge in [0.05, 0.1) is 0 Å². The largest absolute Gasteiger partial charge is 0.350 e. The number of benzene rings is 1. The van der Waals surface area contributed by atoms with Crippen LogP contribution < -0.4 is 5.32 Å². The number of nitrogens with one attached hydrogen (secondary N) is 1. The van der Waals surface area contributed by atoms with Gasteiger partial charge in [0.15, 0.2) is 5.65 Å². The summed E-state index contributed by atoms with van der Waals surface area (Å²) in [6.45, 7) is 5.07. The molecule has 1 N–H and O–H groups in total. The van der Waals surface area contributed by atoms with E-state index in [4.69, 9.17) is 0 Å². The van der Waals surface area contributed by atoms with E-state index in [0.717, 1.165) is 36.4 Å². The van der Waals surface area contributed by atoms with Crippen molar-refractivity contribution in [1.29, 1.82) is 0 Å². The summed E-state index contributed by atoms with van der Waals surface area (Å²) in [4.78, 5) is 23.6. The quantitative estimate of drug-likeness (QED) is 0.769. The van der Waals surface area contributed by atoms with Crippen LogP contribution in [0.15, 0.2) is 48.9 Å². The number of hydrogen-bond donors (Lipinski definition) is 1. The molecule has 1 amide bonds. The number of likely N-dealkylation sites (tertiary alicyclic amines) is 1. The van der Waals surface area contributed by atoms with Crippen LogP contribution in [-0.4, -0.2) is 51.0 Å². The van der Waals surface area contributed by atoms with E-state index in [-0.39, 0.29) is 5.91 Å². The summed E-state index contributed by atoms with van der Waals surface area (Å²) in [7, 11) is 0. The molecule has 6 heteroatoms. The van der Waals surface area contributed by atoms with Crippen LogP contribution in [0.4, 0.5) is 0 Å². The lowest BCUT2D eigenvalue weighted by Crippen LogP contribution is -2.40. The van der Waals surface area contributed by atoms with E-state index in [0.29, 0.717) is 18.2 Å². The zero-order valence-electron chi connectivity index (χ0n) is 14.9. The van der Waals surface area contributed by atoms with E-state index in [2.05, 4.69) is 27.1 Å². The first-order chi connectivity index (χ1) is 12.8. The third-order valence-corrected chi connectivity index (χ3v) is 5.12. The summed E-state index contributed by atoms with van der Waals surface area (Å²) < 4.78 is 1.93. The van der Waals surface area contributed by atoms with Gasteiger partial charge in [-0.05, 0) is 62.3 Å². The summed E-state index contributed by atoms with van der Waals surface area (Å²) in [5.41, 5.74) is 3.28. The van der Waals surface area contributed by atoms with Gasteiger partial charge in [-0.25, -0.2) is 9.97 Å². The molecule has 1 aromatic carbocycles. The number of pyridine rings is 1. The van der Waals surface area contributed by atoms with Crippen LogP contribution in [-0.2, 0) is 0 Å². The molecule has 0 aliphatic carbocycles. The molecule has 0 bridgehead atoms. The van der Waals surface area contributed by atoms with Crippen molar-refractivity contribution < 1.29 is 4.79 Å². The molecule has 1 saturated heterocycles. The van der Waals surface area contributed by atoms with Crippen molar-refractivity contribution in [1.82, 2.24) is 24.8 Å². The number of aromatic nitrogens is 3. The Morgan fingerprint density at radius 2 is 2.08 bits per heavy atom. The number of fused-ring (bicyclic) bond motifs is 1. The number of carbonyl (C=O) groups is 1. The van der Waals surface area contributed by atoms with Crippen LogP contribution in [0.1, 0.15) is 30.1 Å². The third kappa shape index (κ3) is 3.20. The maximum absolute atomic E-state index is 12.4. The smallest absolute Gasteiger partial charge is 0.251 e. The molecule has 1 aliphatic rings. The second-order valence-corrected chi connectivity index (χ2v) is 6.64. The Morgan fingerprint density at radius 3 is 2.88 bits per heavy atom. The van der Waals surface area contributed by atoms with E-state index in [1.54, 1.807) is 12.5 Å². The van der Waals surface area contributed by atoms with Gasteiger partial charge in [-0.3, -0.25) is 14.3 Å². The lowest BCUT2D eigenvalue weighted by Gasteiger charge is -2.22. The molecule has 3 heterocycles. The Kier molecular flexibility index (Phi) is 4.67. The lowest BCUT2D eigenvalue weighted by molar-refractivity contribution is 0.0941. The Balaban J connectivity index is 1.45. The van der Waals surface area contributed by atoms with Crippen molar-refractivity contribution in [3.8, 4) is 5.69 Å². The summed E-state index contributed by atoms with van der Waals surface area (Å²) >= 11 is 0. The van der Waals surface area contributed by atoms with Crippen molar-refractivity contribution in [3.05, 3.63) is 54.5 Å². The highest BCUT2D eigenvalue weighted by Gasteiger charge is 2.23. The normalized spacial score (nSPS) is 17.7. The average molecular weight is 349 g/mol. The molecule has 2 aromatic heterocycles. The molecule has 3 aromatic rings. The van der Waals surface area contributed by atoms with E-state index < -0.39 is 0 Å². The SMILES string of the molecule is CCN1CCCC1CNC(=O)c1ccc(-n2cnc3cccnc32)cc1. The number of hydrogen-bond acceptors (Lipinski definition) is 4. The Labute approximate surface area is 152 Å². The van der Waals surface area contributed by atoms with Gasteiger partial charge in [0.25, 0.3) is 5.91 Å². The fraction of sp³-hybridized carbons (Fsp3) is 0.350. The first-order valence-corrected chi connectivity index (χ1v) is 9.17. The molecular weight excluding hydrogens is 326 g/mol. The Hall–Kier alpha value is -2.73. The summed E-state index contributed by atoms with van der Waals surface area (Å²) in [6, 6.07) is 11.8. The van der Waals surface area contributed by atoms with E-state index in [1.807, 2.05) is 41.0 Å². The third-order valence-electron chi connectivity index (χ3n) is 5.12. The van der Waals surface area contributed by atoms with Gasteiger partial charge in [0, 0.05) is 30.0 Å². The van der Waals surface area contributed by atoms with E-state index >= 15 is 0 Å². The van der Waals surface area contributed by atoms with Crippen LogP contribution in [0.3, 0.4) is 0 Å². The van der Waals surface area contributed by atoms with Crippen LogP contribution in [0.5, 0.6) is 0 Å². The topological polar surface area (TPSA) is 63.1 Å². The van der Waals surface area contributed by atoms with Crippen molar-refractivity contribution in [3.63, 3.8) is 0 Å². The van der Waals surface area contributed by atoms with Crippen LogP contribution in [0, 0.1) is 0 Å². The molecule has 6 nitrogen and oxygen atoms in total. The maximum atomic E-state index is 12.4. The molecule has 134 valence electrons. The van der Waals surface area contributed by atoms with Gasteiger partial charge < -0.3 is 5.32 Å². The second kappa shape index (κ2) is 7.25. The molecule has 0 spiro atoms. The Morgan fingerprint density at radius 1 is 1.23 bits per heavy atom. The standard InChI is InChI=1S/C20H23N5O/c1-2-24-12-4-5-17(24)13-22-20(26)15-7-9-16(10-8-15)25-14-23-18-6-3-11-21-19(18)25/h3,6-11,14,17H,2,4-5,12-13H2,1H3,(H,22,26). The number of nitrogens with zero attached hydrogens (tertiary/aromatic N) is 4. The van der Waals surface area contributed by atoms with Crippen LogP contribution in [0.25, 0.3) is 16.9 Å². The molecule has 4 rings (SSSR count). The first-order valence-electron chi connectivity index (χ1n) is 9.17. The molecule has 1 atom stereocenters. The average Bonchev–Trinajstić information content (AvgIpc) is 3.32. The molecule has 0 saturated carbocycles. The molecule has 1 fully saturated rings. The monoisotopic (exact) mass is 349 g/mol. The molecule has 26 heavy (non-hydrogen) atoms. The molecule has 1 aliphatic heterocycles. The van der Waals surface area contributed by atoms with Crippen LogP contribution in [0.2, 0.25) is 0 Å². The Bertz CT molecular complexity index is 902. The van der Waals surface area contributed by atoms with Gasteiger partial charge in [-0.1, -0.05) is 6.92 Å². The van der Waals surface area contributed by atoms with Gasteiger partial charge in [-0.2, -0.15) is 0 Å². The molecule has 0 radical (unpaired) electrons. The summed E-state index contributed by atoms with van der Waals surface area (Å²) in [5.74, 6) is -0.0203. The first kappa shape index (κ1) is 16.7. The minimum absolute atomic E-state index is 0.0203. The summed E-state index contributed by atoms with van der Waals surface area (Å²) in [5, 5.41) is 3.08. The highest BCUT2D eigenvalue weighted by atomic mass is 16.1. The van der Waals surface area contributed by atoms with Gasteiger partial charge in [-0.15, -0.1) is 0 Å². The highest BCUT2D eigenvalue weighted by Crippen LogP contribution is 2.17. The van der Waals surface area contributed by atoms with Crippen molar-refractivity contribution in [2.24, 2.45) is 0 Å². The number of imidazole rings is 1. The van der Waals surface area contributed by atoms with Crippen LogP contribution >= 0.6 is 0 Å². The predicted molar refractivity (Wildman–Crippen MR) is 101 cm³/mol. The molecule has 1 unspecified atom stereocenters. The lowest BCUT2D eigenvalue weighted by atomic mass is 10.1. The fourth-order valence-corrected chi connectivity index (χ4v) is 3.67. The van der Waals surface area contributed by atoms with Crippen molar-refractivity contribution in [2.75, 3.05) is 19.6 Å². The van der Waals surface area contributed by atoms with Gasteiger partial charge >= 0.3 is 0 Å². The number of likely N-dealkylation sites (N-methyl/N-ethyl adjacent to an activating group) is 1.